The van der Waals surface area contributed by atoms with Gasteiger partial charge in [-0.25, -0.2) is 4.79 Å². The molecule has 4 nitrogen and oxygen atoms in total. The summed E-state index contributed by atoms with van der Waals surface area (Å²) in [6.45, 7) is 0. The number of thioether (sulfide) groups is 1. The average molecular weight is 316 g/mol. The molecule has 1 saturated heterocycles. The van der Waals surface area contributed by atoms with Gasteiger partial charge in [-0.15, -0.1) is 0 Å². The molecule has 1 unspecified atom stereocenters. The first-order valence-corrected chi connectivity index (χ1v) is 7.47. The van der Waals surface area contributed by atoms with Gasteiger partial charge in [0, 0.05) is 5.75 Å². The lowest BCUT2D eigenvalue weighted by Gasteiger charge is -2.13. The van der Waals surface area contributed by atoms with Gasteiger partial charge >= 0.3 is 11.9 Å². The Bertz CT molecular complexity index is 804. The highest BCUT2D eigenvalue weighted by atomic mass is 32.2. The van der Waals surface area contributed by atoms with Crippen molar-refractivity contribution >= 4 is 22.7 Å². The van der Waals surface area contributed by atoms with Crippen molar-refractivity contribution < 1.29 is 13.2 Å². The highest BCUT2D eigenvalue weighted by molar-refractivity contribution is 7.99. The molecule has 1 N–H and O–H groups in total. The molecule has 1 aromatic heterocycles. The first kappa shape index (κ1) is 14.2. The molecule has 0 saturated carbocycles. The van der Waals surface area contributed by atoms with Gasteiger partial charge < -0.3 is 4.98 Å². The third kappa shape index (κ3) is 2.48. The Kier molecular flexibility index (Phi) is 3.35. The largest absolute Gasteiger partial charge is 0.416 e. The van der Waals surface area contributed by atoms with Crippen molar-refractivity contribution in [3.05, 3.63) is 44.6 Å². The van der Waals surface area contributed by atoms with Crippen LogP contribution in [0.1, 0.15) is 18.0 Å². The summed E-state index contributed by atoms with van der Waals surface area (Å²) in [5, 5.41) is -0.110. The van der Waals surface area contributed by atoms with Crippen molar-refractivity contribution in [2.45, 2.75) is 18.6 Å². The van der Waals surface area contributed by atoms with E-state index in [0.29, 0.717) is 12.2 Å². The summed E-state index contributed by atoms with van der Waals surface area (Å²) in [5.41, 5.74) is -2.00. The quantitative estimate of drug-likeness (QED) is 0.879. The van der Waals surface area contributed by atoms with Crippen molar-refractivity contribution in [2.24, 2.45) is 0 Å². The number of nitrogens with one attached hydrogen (secondary N) is 1. The number of rotatable bonds is 1. The molecule has 21 heavy (non-hydrogen) atoms. The highest BCUT2D eigenvalue weighted by Gasteiger charge is 2.31. The maximum Gasteiger partial charge on any atom is 0.416 e. The van der Waals surface area contributed by atoms with Crippen LogP contribution in [0.15, 0.2) is 27.8 Å². The summed E-state index contributed by atoms with van der Waals surface area (Å²) in [5.74, 6) is 1.45. The number of aromatic amines is 1. The molecular weight excluding hydrogens is 305 g/mol. The van der Waals surface area contributed by atoms with Crippen molar-refractivity contribution in [2.75, 3.05) is 11.5 Å². The fourth-order valence-electron chi connectivity index (χ4n) is 2.46. The van der Waals surface area contributed by atoms with Crippen LogP contribution in [-0.4, -0.2) is 21.1 Å². The van der Waals surface area contributed by atoms with Gasteiger partial charge in [0.1, 0.15) is 0 Å². The van der Waals surface area contributed by atoms with Crippen molar-refractivity contribution in [3.63, 3.8) is 0 Å². The van der Waals surface area contributed by atoms with E-state index in [2.05, 4.69) is 4.98 Å². The number of fused-ring (bicyclic) bond motifs is 1. The number of aromatic nitrogens is 2. The number of hydrogen-bond donors (Lipinski definition) is 1. The first-order valence-electron chi connectivity index (χ1n) is 6.31. The molecule has 8 heteroatoms. The molecule has 1 aliphatic rings. The van der Waals surface area contributed by atoms with E-state index in [1.165, 1.54) is 0 Å². The van der Waals surface area contributed by atoms with Crippen LogP contribution in [0.3, 0.4) is 0 Å². The molecular formula is C13H11F3N2O2S. The third-order valence-corrected chi connectivity index (χ3v) is 4.67. The fraction of sp³-hybridized carbons (Fsp3) is 0.385. The summed E-state index contributed by atoms with van der Waals surface area (Å²) < 4.78 is 39.3. The third-order valence-electron chi connectivity index (χ3n) is 3.53. The smallest absolute Gasteiger partial charge is 0.307 e. The summed E-state index contributed by atoms with van der Waals surface area (Å²) in [4.78, 5) is 26.9. The molecule has 1 aromatic carbocycles. The second-order valence-corrected chi connectivity index (χ2v) is 6.03. The van der Waals surface area contributed by atoms with Gasteiger partial charge in [-0.3, -0.25) is 9.36 Å². The van der Waals surface area contributed by atoms with Crippen LogP contribution in [0.4, 0.5) is 13.2 Å². The monoisotopic (exact) mass is 316 g/mol. The molecule has 0 radical (unpaired) electrons. The summed E-state index contributed by atoms with van der Waals surface area (Å²) in [6, 6.07) is 2.51. The van der Waals surface area contributed by atoms with Crippen molar-refractivity contribution in [3.8, 4) is 0 Å². The van der Waals surface area contributed by atoms with Gasteiger partial charge in [-0.05, 0) is 30.4 Å². The number of halogens is 3. The fourth-order valence-corrected chi connectivity index (χ4v) is 3.65. The van der Waals surface area contributed by atoms with Gasteiger partial charge in [-0.2, -0.15) is 24.9 Å². The number of benzene rings is 1. The summed E-state index contributed by atoms with van der Waals surface area (Å²) in [7, 11) is 0. The Hall–Kier alpha value is -1.70. The van der Waals surface area contributed by atoms with Crippen LogP contribution in [0, 0.1) is 0 Å². The molecule has 2 aromatic rings. The van der Waals surface area contributed by atoms with Crippen LogP contribution in [-0.2, 0) is 6.18 Å². The standard InChI is InChI=1S/C13H11F3N2O2S/c14-13(15,16)7-1-2-10-9(5-7)11(19)18(12(20)17-10)8-3-4-21-6-8/h1-2,5,8H,3-4,6H2,(H,17,20). The van der Waals surface area contributed by atoms with E-state index in [-0.39, 0.29) is 16.9 Å². The second-order valence-electron chi connectivity index (χ2n) is 4.88. The molecule has 1 aliphatic heterocycles. The van der Waals surface area contributed by atoms with E-state index < -0.39 is 23.0 Å². The zero-order valence-electron chi connectivity index (χ0n) is 10.7. The van der Waals surface area contributed by atoms with Crippen molar-refractivity contribution in [1.29, 1.82) is 0 Å². The Morgan fingerprint density at radius 1 is 1.29 bits per heavy atom. The van der Waals surface area contributed by atoms with E-state index in [1.54, 1.807) is 11.8 Å². The van der Waals surface area contributed by atoms with Crippen LogP contribution in [0.25, 0.3) is 10.9 Å². The minimum atomic E-state index is -4.52. The predicted molar refractivity (Wildman–Crippen MR) is 74.8 cm³/mol. The lowest BCUT2D eigenvalue weighted by Crippen LogP contribution is -2.38. The molecule has 0 aliphatic carbocycles. The first-order chi connectivity index (χ1) is 9.88. The van der Waals surface area contributed by atoms with Crippen LogP contribution >= 0.6 is 11.8 Å². The molecule has 3 rings (SSSR count). The van der Waals surface area contributed by atoms with E-state index >= 15 is 0 Å². The predicted octanol–water partition coefficient (Wildman–Crippen LogP) is 2.39. The summed E-state index contributed by atoms with van der Waals surface area (Å²) >= 11 is 1.61. The lowest BCUT2D eigenvalue weighted by atomic mass is 10.1. The molecule has 0 amide bonds. The molecule has 1 fully saturated rings. The van der Waals surface area contributed by atoms with Gasteiger partial charge in [0.2, 0.25) is 0 Å². The van der Waals surface area contributed by atoms with Crippen LogP contribution < -0.4 is 11.2 Å². The van der Waals surface area contributed by atoms with E-state index in [9.17, 15) is 22.8 Å². The van der Waals surface area contributed by atoms with Gasteiger partial charge in [0.25, 0.3) is 5.56 Å². The van der Waals surface area contributed by atoms with Gasteiger partial charge in [-0.1, -0.05) is 0 Å². The SMILES string of the molecule is O=c1[nH]c2ccc(C(F)(F)F)cc2c(=O)n1C1CCSC1. The van der Waals surface area contributed by atoms with Crippen molar-refractivity contribution in [1.82, 2.24) is 9.55 Å². The number of H-pyrrole nitrogens is 1. The zero-order chi connectivity index (χ0) is 15.2. The Morgan fingerprint density at radius 3 is 2.67 bits per heavy atom. The number of alkyl halides is 3. The van der Waals surface area contributed by atoms with Gasteiger partial charge in [0.05, 0.1) is 22.5 Å². The normalized spacial score (nSPS) is 19.3. The van der Waals surface area contributed by atoms with Crippen LogP contribution in [0.2, 0.25) is 0 Å². The summed E-state index contributed by atoms with van der Waals surface area (Å²) in [6.07, 6.45) is -3.86. The van der Waals surface area contributed by atoms with Gasteiger partial charge in [0.15, 0.2) is 0 Å². The topological polar surface area (TPSA) is 54.9 Å². The molecule has 2 heterocycles. The lowest BCUT2D eigenvalue weighted by molar-refractivity contribution is -0.137. The Labute approximate surface area is 121 Å². The highest BCUT2D eigenvalue weighted by Crippen LogP contribution is 2.30. The minimum absolute atomic E-state index is 0.110. The average Bonchev–Trinajstić information content (AvgIpc) is 2.91. The van der Waals surface area contributed by atoms with E-state index in [0.717, 1.165) is 28.5 Å². The molecule has 112 valence electrons. The van der Waals surface area contributed by atoms with Crippen LogP contribution in [0.5, 0.6) is 0 Å². The minimum Gasteiger partial charge on any atom is -0.307 e. The number of hydrogen-bond acceptors (Lipinski definition) is 3. The number of nitrogens with zero attached hydrogens (tertiary/aromatic N) is 1. The zero-order valence-corrected chi connectivity index (χ0v) is 11.6. The Morgan fingerprint density at radius 2 is 2.05 bits per heavy atom. The molecule has 0 spiro atoms. The molecule has 0 bridgehead atoms. The maximum atomic E-state index is 12.7. The second kappa shape index (κ2) is 4.94. The maximum absolute atomic E-state index is 12.7. The van der Waals surface area contributed by atoms with E-state index in [1.807, 2.05) is 0 Å². The Balaban J connectivity index is 2.26. The molecule has 1 atom stereocenters. The van der Waals surface area contributed by atoms with E-state index in [4.69, 9.17) is 0 Å².